The number of nitrogens with one attached hydrogen (secondary N) is 1. The summed E-state index contributed by atoms with van der Waals surface area (Å²) in [5.74, 6) is -2.05. The maximum atomic E-state index is 13.5. The van der Waals surface area contributed by atoms with E-state index in [2.05, 4.69) is 29.1 Å². The van der Waals surface area contributed by atoms with Crippen molar-refractivity contribution in [2.24, 2.45) is 5.92 Å². The Morgan fingerprint density at radius 1 is 1.08 bits per heavy atom. The van der Waals surface area contributed by atoms with Gasteiger partial charge in [-0.2, -0.15) is 4.98 Å². The summed E-state index contributed by atoms with van der Waals surface area (Å²) in [5, 5.41) is 13.0. The molecule has 2 aromatic heterocycles. The summed E-state index contributed by atoms with van der Waals surface area (Å²) in [6.45, 7) is 7.17. The van der Waals surface area contributed by atoms with Gasteiger partial charge in [-0.1, -0.05) is 23.7 Å². The first kappa shape index (κ1) is 25.2. The molecule has 188 valence electrons. The summed E-state index contributed by atoms with van der Waals surface area (Å²) in [5.41, 5.74) is 1.55. The van der Waals surface area contributed by atoms with Crippen LogP contribution in [0, 0.1) is 5.92 Å². The zero-order valence-electron chi connectivity index (χ0n) is 20.3. The number of imidazole rings is 1. The highest BCUT2D eigenvalue weighted by Crippen LogP contribution is 2.23. The first-order valence-corrected chi connectivity index (χ1v) is 11.9. The van der Waals surface area contributed by atoms with Crippen LogP contribution in [0.4, 0.5) is 11.6 Å². The SMILES string of the molecule is CC([C@@H](C)C(=O)O)n1c(=O)nc(Nc2ccc3c(c2)ncn3C(C)C)n(Cc2ccc(Cl)cc2)c1=O. The second-order valence-corrected chi connectivity index (χ2v) is 9.46. The molecule has 0 saturated heterocycles. The van der Waals surface area contributed by atoms with E-state index in [1.54, 1.807) is 30.6 Å². The minimum Gasteiger partial charge on any atom is -0.481 e. The van der Waals surface area contributed by atoms with Crippen molar-refractivity contribution in [3.8, 4) is 0 Å². The monoisotopic (exact) mass is 510 g/mol. The number of fused-ring (bicyclic) bond motifs is 1. The summed E-state index contributed by atoms with van der Waals surface area (Å²) in [6.07, 6.45) is 1.76. The van der Waals surface area contributed by atoms with Crippen LogP contribution >= 0.6 is 11.6 Å². The largest absolute Gasteiger partial charge is 0.481 e. The Labute approximate surface area is 211 Å². The van der Waals surface area contributed by atoms with E-state index in [9.17, 15) is 19.5 Å². The van der Waals surface area contributed by atoms with Crippen molar-refractivity contribution < 1.29 is 9.90 Å². The van der Waals surface area contributed by atoms with E-state index < -0.39 is 29.3 Å². The Morgan fingerprint density at radius 2 is 1.78 bits per heavy atom. The summed E-state index contributed by atoms with van der Waals surface area (Å²) < 4.78 is 4.24. The molecule has 4 aromatic rings. The standard InChI is InChI=1S/C25H27ClN6O4/c1-14(2)31-13-27-20-11-19(9-10-21(20)31)28-23-29-24(35)32(16(4)15(3)22(33)34)25(36)30(23)12-17-5-7-18(26)8-6-17/h5-11,13-16H,12H2,1-4H3,(H,33,34)(H,28,29,35)/t15-,16?/m1/s1. The first-order valence-electron chi connectivity index (χ1n) is 11.5. The Hall–Kier alpha value is -3.92. The second kappa shape index (κ2) is 9.98. The fraction of sp³-hybridized carbons (Fsp3) is 0.320. The van der Waals surface area contributed by atoms with Gasteiger partial charge in [0, 0.05) is 16.8 Å². The number of benzene rings is 2. The fourth-order valence-corrected chi connectivity index (χ4v) is 4.07. The summed E-state index contributed by atoms with van der Waals surface area (Å²) in [4.78, 5) is 46.6. The lowest BCUT2D eigenvalue weighted by Gasteiger charge is -2.21. The normalized spacial score (nSPS) is 13.2. The van der Waals surface area contributed by atoms with E-state index in [0.29, 0.717) is 10.7 Å². The van der Waals surface area contributed by atoms with Crippen molar-refractivity contribution in [2.45, 2.75) is 46.3 Å². The quantitative estimate of drug-likeness (QED) is 0.366. The molecule has 0 bridgehead atoms. The number of halogens is 1. The molecule has 0 saturated carbocycles. The lowest BCUT2D eigenvalue weighted by Crippen LogP contribution is -2.46. The number of rotatable bonds is 8. The van der Waals surface area contributed by atoms with Crippen molar-refractivity contribution in [2.75, 3.05) is 5.32 Å². The zero-order chi connectivity index (χ0) is 26.1. The van der Waals surface area contributed by atoms with E-state index >= 15 is 0 Å². The third-order valence-electron chi connectivity index (χ3n) is 6.26. The molecule has 2 N–H and O–H groups in total. The molecule has 1 unspecified atom stereocenters. The van der Waals surface area contributed by atoms with Crippen LogP contribution in [-0.2, 0) is 11.3 Å². The van der Waals surface area contributed by atoms with Crippen molar-refractivity contribution in [1.82, 2.24) is 23.7 Å². The minimum atomic E-state index is -1.12. The van der Waals surface area contributed by atoms with Crippen LogP contribution in [0.2, 0.25) is 5.02 Å². The van der Waals surface area contributed by atoms with Gasteiger partial charge in [0.25, 0.3) is 0 Å². The topological polar surface area (TPSA) is 124 Å². The van der Waals surface area contributed by atoms with E-state index in [0.717, 1.165) is 21.2 Å². The molecular weight excluding hydrogens is 484 g/mol. The number of carbonyl (C=O) groups is 1. The van der Waals surface area contributed by atoms with Gasteiger partial charge in [0.15, 0.2) is 0 Å². The second-order valence-electron chi connectivity index (χ2n) is 9.02. The lowest BCUT2D eigenvalue weighted by atomic mass is 10.0. The molecule has 0 amide bonds. The maximum Gasteiger partial charge on any atom is 0.355 e. The first-order chi connectivity index (χ1) is 17.1. The van der Waals surface area contributed by atoms with Crippen molar-refractivity contribution in [1.29, 1.82) is 0 Å². The molecule has 2 atom stereocenters. The van der Waals surface area contributed by atoms with Gasteiger partial charge in [-0.15, -0.1) is 0 Å². The van der Waals surface area contributed by atoms with E-state index in [4.69, 9.17) is 11.6 Å². The minimum absolute atomic E-state index is 0.0361. The molecule has 4 rings (SSSR count). The predicted molar refractivity (Wildman–Crippen MR) is 138 cm³/mol. The highest BCUT2D eigenvalue weighted by Gasteiger charge is 2.26. The van der Waals surface area contributed by atoms with Gasteiger partial charge >= 0.3 is 17.3 Å². The van der Waals surface area contributed by atoms with Gasteiger partial charge in [-0.3, -0.25) is 9.36 Å². The average molecular weight is 511 g/mol. The third-order valence-corrected chi connectivity index (χ3v) is 6.51. The highest BCUT2D eigenvalue weighted by atomic mass is 35.5. The molecule has 0 aliphatic carbocycles. The third kappa shape index (κ3) is 4.90. The summed E-state index contributed by atoms with van der Waals surface area (Å²) in [6, 6.07) is 11.8. The summed E-state index contributed by atoms with van der Waals surface area (Å²) in [7, 11) is 0. The molecule has 2 aromatic carbocycles. The van der Waals surface area contributed by atoms with Crippen LogP contribution in [0.15, 0.2) is 58.4 Å². The number of aliphatic carboxylic acids is 1. The molecule has 0 spiro atoms. The number of anilines is 2. The number of carboxylic acids is 1. The Morgan fingerprint density at radius 3 is 2.42 bits per heavy atom. The maximum absolute atomic E-state index is 13.5. The van der Waals surface area contributed by atoms with Crippen LogP contribution in [-0.4, -0.2) is 34.7 Å². The average Bonchev–Trinajstić information content (AvgIpc) is 3.25. The van der Waals surface area contributed by atoms with Crippen molar-refractivity contribution in [3.63, 3.8) is 0 Å². The Kier molecular flexibility index (Phi) is 6.98. The van der Waals surface area contributed by atoms with Crippen LogP contribution in [0.3, 0.4) is 0 Å². The van der Waals surface area contributed by atoms with Crippen LogP contribution in [0.1, 0.15) is 45.3 Å². The van der Waals surface area contributed by atoms with Gasteiger partial charge in [-0.25, -0.2) is 19.1 Å². The smallest absolute Gasteiger partial charge is 0.355 e. The fourth-order valence-electron chi connectivity index (χ4n) is 3.95. The number of carboxylic acid groups (broad SMARTS) is 1. The highest BCUT2D eigenvalue weighted by molar-refractivity contribution is 6.30. The van der Waals surface area contributed by atoms with Gasteiger partial charge in [-0.05, 0) is 63.6 Å². The summed E-state index contributed by atoms with van der Waals surface area (Å²) >= 11 is 6.00. The molecule has 2 heterocycles. The number of hydrogen-bond donors (Lipinski definition) is 2. The number of aromatic nitrogens is 5. The molecular formula is C25H27ClN6O4. The molecule has 10 nitrogen and oxygen atoms in total. The number of hydrogen-bond acceptors (Lipinski definition) is 6. The van der Waals surface area contributed by atoms with Crippen LogP contribution < -0.4 is 16.7 Å². The van der Waals surface area contributed by atoms with Gasteiger partial charge < -0.3 is 15.0 Å². The molecule has 11 heteroatoms. The molecule has 0 radical (unpaired) electrons. The van der Waals surface area contributed by atoms with E-state index in [-0.39, 0.29) is 18.5 Å². The van der Waals surface area contributed by atoms with E-state index in [1.165, 1.54) is 18.4 Å². The van der Waals surface area contributed by atoms with E-state index in [1.807, 2.05) is 22.8 Å². The molecule has 0 fully saturated rings. The lowest BCUT2D eigenvalue weighted by molar-refractivity contribution is -0.142. The van der Waals surface area contributed by atoms with Crippen LogP contribution in [0.5, 0.6) is 0 Å². The van der Waals surface area contributed by atoms with Gasteiger partial charge in [0.2, 0.25) is 5.95 Å². The predicted octanol–water partition coefficient (Wildman–Crippen LogP) is 4.06. The molecule has 0 aliphatic rings. The van der Waals surface area contributed by atoms with Crippen molar-refractivity contribution >= 4 is 40.2 Å². The zero-order valence-corrected chi connectivity index (χ0v) is 21.1. The van der Waals surface area contributed by atoms with Crippen LogP contribution in [0.25, 0.3) is 11.0 Å². The van der Waals surface area contributed by atoms with Gasteiger partial charge in [0.1, 0.15) is 0 Å². The molecule has 0 aliphatic heterocycles. The van der Waals surface area contributed by atoms with Gasteiger partial charge in [0.05, 0.1) is 35.9 Å². The number of nitrogens with zero attached hydrogens (tertiary/aromatic N) is 5. The Balaban J connectivity index is 1.81. The molecule has 36 heavy (non-hydrogen) atoms. The van der Waals surface area contributed by atoms with Crippen molar-refractivity contribution in [3.05, 3.63) is 80.3 Å². The Bertz CT molecular complexity index is 1540.